The summed E-state index contributed by atoms with van der Waals surface area (Å²) in [6.45, 7) is 3.30. The molecule has 3 aliphatic rings. The van der Waals surface area contributed by atoms with Crippen molar-refractivity contribution in [2.75, 3.05) is 32.8 Å². The molecule has 3 aliphatic heterocycles. The van der Waals surface area contributed by atoms with Gasteiger partial charge in [-0.1, -0.05) is 42.5 Å². The molecule has 3 heterocycles. The number of nitrogens with zero attached hydrogens (tertiary/aromatic N) is 1. The molecule has 3 atom stereocenters. The Morgan fingerprint density at radius 1 is 1.16 bits per heavy atom. The molecular weight excluding hydrogens is 406 g/mol. The summed E-state index contributed by atoms with van der Waals surface area (Å²) in [7, 11) is 0. The number of rotatable bonds is 5. The highest BCUT2D eigenvalue weighted by Crippen LogP contribution is 2.34. The van der Waals surface area contributed by atoms with Crippen LogP contribution in [0, 0.1) is 5.92 Å². The number of likely N-dealkylation sites (tertiary alicyclic amines) is 1. The summed E-state index contributed by atoms with van der Waals surface area (Å²) in [5, 5.41) is 6.27. The third-order valence-corrected chi connectivity index (χ3v) is 6.69. The number of carbonyl (C=O) groups is 2. The molecule has 0 aromatic heterocycles. The van der Waals surface area contributed by atoms with Gasteiger partial charge in [0.25, 0.3) is 5.91 Å². The molecule has 1 spiro atoms. The Kier molecular flexibility index (Phi) is 5.85. The van der Waals surface area contributed by atoms with Crippen LogP contribution < -0.4 is 15.4 Å². The van der Waals surface area contributed by atoms with E-state index >= 15 is 0 Å². The van der Waals surface area contributed by atoms with Crippen LogP contribution in [0.1, 0.15) is 28.8 Å². The minimum absolute atomic E-state index is 0.0640. The first-order chi connectivity index (χ1) is 15.6. The van der Waals surface area contributed by atoms with E-state index in [2.05, 4.69) is 27.7 Å². The van der Waals surface area contributed by atoms with Crippen molar-refractivity contribution in [3.05, 3.63) is 65.7 Å². The molecule has 2 aromatic carbocycles. The third-order valence-electron chi connectivity index (χ3n) is 6.69. The van der Waals surface area contributed by atoms with Gasteiger partial charge >= 0.3 is 0 Å². The smallest absolute Gasteiger partial charge is 0.255 e. The van der Waals surface area contributed by atoms with E-state index in [0.717, 1.165) is 19.4 Å². The van der Waals surface area contributed by atoms with Gasteiger partial charge in [0.1, 0.15) is 12.4 Å². The lowest BCUT2D eigenvalue weighted by Gasteiger charge is -2.33. The third kappa shape index (κ3) is 4.23. The van der Waals surface area contributed by atoms with Crippen molar-refractivity contribution in [3.63, 3.8) is 0 Å². The van der Waals surface area contributed by atoms with E-state index in [-0.39, 0.29) is 24.5 Å². The molecule has 0 bridgehead atoms. The minimum Gasteiger partial charge on any atom is -0.490 e. The molecule has 7 heteroatoms. The van der Waals surface area contributed by atoms with Crippen LogP contribution in [0.25, 0.3) is 0 Å². The highest BCUT2D eigenvalue weighted by Gasteiger charge is 2.53. The van der Waals surface area contributed by atoms with Crippen LogP contribution in [0.3, 0.4) is 0 Å². The average molecular weight is 436 g/mol. The second-order valence-corrected chi connectivity index (χ2v) is 8.98. The molecule has 32 heavy (non-hydrogen) atoms. The fourth-order valence-electron chi connectivity index (χ4n) is 5.03. The molecule has 5 rings (SSSR count). The van der Waals surface area contributed by atoms with Gasteiger partial charge in [0.15, 0.2) is 0 Å². The Labute approximate surface area is 188 Å². The number of nitrogens with one attached hydrogen (secondary N) is 2. The molecule has 2 saturated heterocycles. The zero-order valence-corrected chi connectivity index (χ0v) is 18.1. The second kappa shape index (κ2) is 8.92. The molecule has 0 aliphatic carbocycles. The van der Waals surface area contributed by atoms with E-state index in [0.29, 0.717) is 37.5 Å². The largest absolute Gasteiger partial charge is 0.490 e. The maximum atomic E-state index is 13.4. The standard InChI is InChI=1S/C25H29N3O4/c29-23-20-10-4-5-11-22(20)32-17-25(27-23)16-28(14-18-7-2-1-3-8-18)15-21(25)24(30)26-13-19-9-6-12-31-19/h1-5,7-8,10-11,19,21H,6,9,12-17H2,(H,26,30)(H,27,29)/t19-,21+,25+/m1/s1. The van der Waals surface area contributed by atoms with E-state index in [4.69, 9.17) is 9.47 Å². The summed E-state index contributed by atoms with van der Waals surface area (Å²) < 4.78 is 11.8. The lowest BCUT2D eigenvalue weighted by molar-refractivity contribution is -0.127. The van der Waals surface area contributed by atoms with Gasteiger partial charge in [-0.15, -0.1) is 0 Å². The van der Waals surface area contributed by atoms with Crippen LogP contribution in [0.2, 0.25) is 0 Å². The topological polar surface area (TPSA) is 79.9 Å². The number of hydrogen-bond donors (Lipinski definition) is 2. The van der Waals surface area contributed by atoms with Crippen molar-refractivity contribution in [2.45, 2.75) is 31.0 Å². The number of ether oxygens (including phenoxy) is 2. The highest BCUT2D eigenvalue weighted by molar-refractivity contribution is 5.98. The minimum atomic E-state index is -0.800. The van der Waals surface area contributed by atoms with E-state index in [1.807, 2.05) is 30.3 Å². The summed E-state index contributed by atoms with van der Waals surface area (Å²) in [6.07, 6.45) is 2.06. The van der Waals surface area contributed by atoms with Gasteiger partial charge in [-0.05, 0) is 30.5 Å². The van der Waals surface area contributed by atoms with Crippen molar-refractivity contribution in [1.29, 1.82) is 0 Å². The zero-order chi connectivity index (χ0) is 22.0. The molecule has 2 fully saturated rings. The zero-order valence-electron chi connectivity index (χ0n) is 18.1. The average Bonchev–Trinajstić information content (AvgIpc) is 3.42. The number of carbonyl (C=O) groups excluding carboxylic acids is 2. The SMILES string of the molecule is O=C1N[C@]2(COc3ccccc31)CN(Cc1ccccc1)C[C@H]2C(=O)NC[C@H]1CCCO1. The van der Waals surface area contributed by atoms with Crippen LogP contribution in [0.15, 0.2) is 54.6 Å². The first-order valence-corrected chi connectivity index (χ1v) is 11.3. The van der Waals surface area contributed by atoms with Gasteiger partial charge < -0.3 is 20.1 Å². The predicted octanol–water partition coefficient (Wildman–Crippen LogP) is 1.97. The normalized spacial score (nSPS) is 27.4. The summed E-state index contributed by atoms with van der Waals surface area (Å²) >= 11 is 0. The number of hydrogen-bond acceptors (Lipinski definition) is 5. The second-order valence-electron chi connectivity index (χ2n) is 8.98. The molecule has 0 unspecified atom stereocenters. The van der Waals surface area contributed by atoms with Gasteiger partial charge in [-0.3, -0.25) is 14.5 Å². The van der Waals surface area contributed by atoms with Crippen LogP contribution in [0.4, 0.5) is 0 Å². The lowest BCUT2D eigenvalue weighted by Crippen LogP contribution is -2.60. The number of fused-ring (bicyclic) bond motifs is 1. The van der Waals surface area contributed by atoms with Crippen molar-refractivity contribution in [1.82, 2.24) is 15.5 Å². The summed E-state index contributed by atoms with van der Waals surface area (Å²) in [4.78, 5) is 28.7. The maximum Gasteiger partial charge on any atom is 0.255 e. The molecule has 2 aromatic rings. The Bertz CT molecular complexity index is 976. The van der Waals surface area contributed by atoms with Gasteiger partial charge in [-0.25, -0.2) is 0 Å². The van der Waals surface area contributed by atoms with Gasteiger partial charge in [0.05, 0.1) is 23.1 Å². The molecule has 168 valence electrons. The van der Waals surface area contributed by atoms with E-state index < -0.39 is 11.5 Å². The molecule has 0 saturated carbocycles. The number of amides is 2. The van der Waals surface area contributed by atoms with Crippen LogP contribution >= 0.6 is 0 Å². The molecule has 2 amide bonds. The van der Waals surface area contributed by atoms with E-state index in [1.54, 1.807) is 12.1 Å². The summed E-state index contributed by atoms with van der Waals surface area (Å²) in [5.41, 5.74) is 0.877. The van der Waals surface area contributed by atoms with Crippen molar-refractivity contribution >= 4 is 11.8 Å². The molecule has 2 N–H and O–H groups in total. The van der Waals surface area contributed by atoms with Crippen LogP contribution in [0.5, 0.6) is 5.75 Å². The molecule has 0 radical (unpaired) electrons. The Balaban J connectivity index is 1.38. The van der Waals surface area contributed by atoms with Gasteiger partial charge in [-0.2, -0.15) is 0 Å². The highest BCUT2D eigenvalue weighted by atomic mass is 16.5. The number of para-hydroxylation sites is 1. The fourth-order valence-corrected chi connectivity index (χ4v) is 5.03. The summed E-state index contributed by atoms with van der Waals surface area (Å²) in [6, 6.07) is 17.4. The predicted molar refractivity (Wildman–Crippen MR) is 119 cm³/mol. The fraction of sp³-hybridized carbons (Fsp3) is 0.440. The van der Waals surface area contributed by atoms with E-state index in [1.165, 1.54) is 5.56 Å². The van der Waals surface area contributed by atoms with Crippen molar-refractivity contribution < 1.29 is 19.1 Å². The van der Waals surface area contributed by atoms with Gasteiger partial charge in [0.2, 0.25) is 5.91 Å². The van der Waals surface area contributed by atoms with Crippen molar-refractivity contribution in [3.8, 4) is 5.75 Å². The Morgan fingerprint density at radius 2 is 1.97 bits per heavy atom. The van der Waals surface area contributed by atoms with Crippen LogP contribution in [-0.4, -0.2) is 61.2 Å². The molecule has 7 nitrogen and oxygen atoms in total. The maximum absolute atomic E-state index is 13.4. The first kappa shape index (κ1) is 21.0. The van der Waals surface area contributed by atoms with Gasteiger partial charge in [0, 0.05) is 32.8 Å². The quantitative estimate of drug-likeness (QED) is 0.751. The molecular formula is C25H29N3O4. The monoisotopic (exact) mass is 435 g/mol. The van der Waals surface area contributed by atoms with E-state index in [9.17, 15) is 9.59 Å². The Morgan fingerprint density at radius 3 is 2.78 bits per heavy atom. The lowest BCUT2D eigenvalue weighted by atomic mass is 9.86. The summed E-state index contributed by atoms with van der Waals surface area (Å²) in [5.74, 6) is -0.129. The van der Waals surface area contributed by atoms with Crippen molar-refractivity contribution in [2.24, 2.45) is 5.92 Å². The van der Waals surface area contributed by atoms with Crippen LogP contribution in [-0.2, 0) is 16.1 Å². The first-order valence-electron chi connectivity index (χ1n) is 11.3. The Hall–Kier alpha value is -2.90. The number of benzene rings is 2.